The van der Waals surface area contributed by atoms with Crippen molar-refractivity contribution in [3.05, 3.63) is 54.2 Å². The van der Waals surface area contributed by atoms with E-state index in [0.29, 0.717) is 51.4 Å². The highest BCUT2D eigenvalue weighted by atomic mass is 32.2. The van der Waals surface area contributed by atoms with Gasteiger partial charge in [0.2, 0.25) is 17.7 Å². The lowest BCUT2D eigenvalue weighted by atomic mass is 9.91. The fourth-order valence-electron chi connectivity index (χ4n) is 6.01. The van der Waals surface area contributed by atoms with Crippen LogP contribution in [-0.2, 0) is 45.2 Å². The van der Waals surface area contributed by atoms with E-state index in [1.165, 1.54) is 27.7 Å². The van der Waals surface area contributed by atoms with Gasteiger partial charge in [0.05, 0.1) is 17.2 Å². The fourth-order valence-corrected chi connectivity index (χ4v) is 9.42. The number of anilines is 2. The number of fused-ring (bicyclic) bond motifs is 1. The lowest BCUT2D eigenvalue weighted by Gasteiger charge is -2.28. The maximum Gasteiger partial charge on any atom is 0.247 e. The molecule has 288 valence electrons. The summed E-state index contributed by atoms with van der Waals surface area (Å²) < 4.78 is 64.1. The summed E-state index contributed by atoms with van der Waals surface area (Å²) in [5.41, 5.74) is 1.38. The summed E-state index contributed by atoms with van der Waals surface area (Å²) >= 11 is 0. The second-order valence-electron chi connectivity index (χ2n) is 16.0. The Morgan fingerprint density at radius 1 is 0.712 bits per heavy atom. The Balaban J connectivity index is 0.000000233. The summed E-state index contributed by atoms with van der Waals surface area (Å²) in [6.07, 6.45) is 3.54. The van der Waals surface area contributed by atoms with Gasteiger partial charge in [0.1, 0.15) is 9.49 Å². The Hall–Kier alpha value is -3.33. The molecule has 0 bridgehead atoms. The van der Waals surface area contributed by atoms with Gasteiger partial charge in [-0.1, -0.05) is 62.3 Å². The van der Waals surface area contributed by atoms with Crippen LogP contribution in [0.25, 0.3) is 10.8 Å². The monoisotopic (exact) mass is 761 g/mol. The average molecular weight is 762 g/mol. The molecule has 2 aliphatic heterocycles. The van der Waals surface area contributed by atoms with Crippen molar-refractivity contribution in [2.75, 3.05) is 48.6 Å². The summed E-state index contributed by atoms with van der Waals surface area (Å²) in [5, 5.41) is 11.2. The zero-order chi connectivity index (χ0) is 38.4. The molecule has 0 radical (unpaired) electrons. The molecule has 0 aliphatic carbocycles. The number of carbonyl (C=O) groups is 2. The molecular weight excluding hydrogens is 707 g/mol. The van der Waals surface area contributed by atoms with Gasteiger partial charge in [0.15, 0.2) is 19.7 Å². The van der Waals surface area contributed by atoms with E-state index in [2.05, 4.69) is 36.6 Å². The van der Waals surface area contributed by atoms with Crippen molar-refractivity contribution in [2.24, 2.45) is 17.3 Å². The van der Waals surface area contributed by atoms with Gasteiger partial charge in [0.25, 0.3) is 0 Å². The molecule has 0 unspecified atom stereocenters. The highest BCUT2D eigenvalue weighted by Gasteiger charge is 2.44. The Bertz CT molecular complexity index is 1890. The first-order valence-corrected chi connectivity index (χ1v) is 21.2. The van der Waals surface area contributed by atoms with E-state index in [0.717, 1.165) is 29.3 Å². The number of sulfone groups is 2. The Morgan fingerprint density at radius 2 is 1.19 bits per heavy atom. The molecule has 0 atom stereocenters. The van der Waals surface area contributed by atoms with Gasteiger partial charge in [-0.3, -0.25) is 14.9 Å². The summed E-state index contributed by atoms with van der Waals surface area (Å²) in [4.78, 5) is 25.5. The number of rotatable bonds is 11. The lowest BCUT2D eigenvalue weighted by molar-refractivity contribution is -0.118. The maximum atomic E-state index is 12.9. The van der Waals surface area contributed by atoms with Crippen LogP contribution >= 0.6 is 0 Å². The van der Waals surface area contributed by atoms with Gasteiger partial charge >= 0.3 is 0 Å². The number of nitrogens with zero attached hydrogens (tertiary/aromatic N) is 1. The Morgan fingerprint density at radius 3 is 1.71 bits per heavy atom. The van der Waals surface area contributed by atoms with Crippen LogP contribution in [0.2, 0.25) is 0 Å². The second-order valence-corrected chi connectivity index (χ2v) is 21.2. The largest absolute Gasteiger partial charge is 0.381 e. The topological polar surface area (TPSA) is 171 Å². The van der Waals surface area contributed by atoms with Crippen molar-refractivity contribution in [2.45, 2.75) is 90.1 Å². The fraction of sp³-hybridized carbons (Fsp3) is 0.605. The zero-order valence-corrected chi connectivity index (χ0v) is 33.1. The summed E-state index contributed by atoms with van der Waals surface area (Å²) in [5.74, 6) is -0.843. The molecule has 0 saturated carbocycles. The van der Waals surface area contributed by atoms with Crippen LogP contribution in [-0.4, -0.2) is 81.2 Å². The first-order valence-electron chi connectivity index (χ1n) is 17.9. The smallest absolute Gasteiger partial charge is 0.247 e. The Labute approximate surface area is 308 Å². The molecule has 0 spiro atoms. The number of amides is 2. The number of benzene rings is 2. The minimum Gasteiger partial charge on any atom is -0.381 e. The van der Waals surface area contributed by atoms with Crippen LogP contribution in [0.1, 0.15) is 79.8 Å². The van der Waals surface area contributed by atoms with Gasteiger partial charge in [-0.2, -0.15) is 0 Å². The van der Waals surface area contributed by atoms with Crippen molar-refractivity contribution in [1.29, 1.82) is 0 Å². The quantitative estimate of drug-likeness (QED) is 0.229. The van der Waals surface area contributed by atoms with Crippen molar-refractivity contribution in [3.8, 4) is 0 Å². The summed E-state index contributed by atoms with van der Waals surface area (Å²) in [6.45, 7) is 14.4. The number of hydrogen-bond donors (Lipinski definition) is 2. The summed E-state index contributed by atoms with van der Waals surface area (Å²) in [7, 11) is -7.23. The maximum absolute atomic E-state index is 12.9. The molecule has 52 heavy (non-hydrogen) atoms. The molecule has 3 heterocycles. The highest BCUT2D eigenvalue weighted by molar-refractivity contribution is 7.93. The third-order valence-electron chi connectivity index (χ3n) is 9.79. The van der Waals surface area contributed by atoms with Crippen molar-refractivity contribution in [3.63, 3.8) is 0 Å². The van der Waals surface area contributed by atoms with Crippen LogP contribution in [0.4, 0.5) is 11.6 Å². The molecular formula is C38H55N3O9S2. The number of nitrogens with one attached hydrogen (secondary N) is 2. The molecule has 5 rings (SSSR count). The first-order chi connectivity index (χ1) is 24.2. The summed E-state index contributed by atoms with van der Waals surface area (Å²) in [6, 6.07) is 14.9. The van der Waals surface area contributed by atoms with Gasteiger partial charge in [0, 0.05) is 43.6 Å². The molecule has 2 aliphatic rings. The van der Waals surface area contributed by atoms with E-state index in [1.54, 1.807) is 12.1 Å². The average Bonchev–Trinajstić information content (AvgIpc) is 3.50. The van der Waals surface area contributed by atoms with Crippen LogP contribution < -0.4 is 10.6 Å². The standard InChI is InChI=1S/C20H25NO4S.C18H30N2O5S/c1-20(2,26(23,24)14-15-10-12-25-13-11-15)19(22)21-18-9-5-7-16-6-3-4-8-17(16)18;1-17(2,3)11-14-10-15(25-20-14)19-16(21)18(4,5)26(22,23)12-13-6-8-24-9-7-13/h3-9,15H,10-14H2,1-2H3,(H,21,22);10,13H,6-9,11-12H2,1-5H3,(H,19,21). The van der Waals surface area contributed by atoms with Crippen LogP contribution in [0, 0.1) is 17.3 Å². The minimum absolute atomic E-state index is 0.0114. The van der Waals surface area contributed by atoms with Crippen molar-refractivity contribution in [1.82, 2.24) is 5.16 Å². The van der Waals surface area contributed by atoms with E-state index < -0.39 is 41.0 Å². The lowest BCUT2D eigenvalue weighted by Crippen LogP contribution is -2.47. The number of aromatic nitrogens is 1. The molecule has 2 amide bonds. The van der Waals surface area contributed by atoms with Gasteiger partial charge in [-0.15, -0.1) is 0 Å². The molecule has 2 saturated heterocycles. The van der Waals surface area contributed by atoms with Crippen LogP contribution in [0.15, 0.2) is 53.1 Å². The van der Waals surface area contributed by atoms with Gasteiger partial charge in [-0.25, -0.2) is 16.8 Å². The first kappa shape index (κ1) is 41.4. The molecule has 1 aromatic heterocycles. The van der Waals surface area contributed by atoms with Crippen molar-refractivity contribution < 1.29 is 40.4 Å². The van der Waals surface area contributed by atoms with E-state index in [1.807, 2.05) is 36.4 Å². The molecule has 2 aromatic carbocycles. The molecule has 2 N–H and O–H groups in total. The molecule has 2 fully saturated rings. The van der Waals surface area contributed by atoms with E-state index >= 15 is 0 Å². The number of ether oxygens (including phenoxy) is 2. The van der Waals surface area contributed by atoms with Crippen molar-refractivity contribution >= 4 is 53.8 Å². The van der Waals surface area contributed by atoms with Crippen LogP contribution in [0.5, 0.6) is 0 Å². The normalized spacial score (nSPS) is 16.9. The Kier molecular flexibility index (Phi) is 13.4. The third-order valence-corrected chi connectivity index (χ3v) is 15.1. The predicted molar refractivity (Wildman–Crippen MR) is 204 cm³/mol. The second kappa shape index (κ2) is 16.8. The van der Waals surface area contributed by atoms with Gasteiger partial charge in [-0.05, 0) is 88.5 Å². The highest BCUT2D eigenvalue weighted by Crippen LogP contribution is 2.30. The molecule has 12 nitrogen and oxygen atoms in total. The predicted octanol–water partition coefficient (Wildman–Crippen LogP) is 6.22. The third kappa shape index (κ3) is 10.6. The van der Waals surface area contributed by atoms with E-state index in [9.17, 15) is 26.4 Å². The van der Waals surface area contributed by atoms with E-state index in [4.69, 9.17) is 14.0 Å². The zero-order valence-electron chi connectivity index (χ0n) is 31.5. The minimum atomic E-state index is -3.63. The van der Waals surface area contributed by atoms with Crippen LogP contribution in [0.3, 0.4) is 0 Å². The SMILES string of the molecule is CC(C)(C(=O)Nc1cccc2ccccc12)S(=O)(=O)CC1CCOCC1.CC(C)(C)Cc1cc(NC(=O)C(C)(C)S(=O)(=O)CC2CCOCC2)on1. The molecule has 14 heteroatoms. The van der Waals surface area contributed by atoms with E-state index in [-0.39, 0.29) is 34.6 Å². The number of carbonyl (C=O) groups excluding carboxylic acids is 2. The van der Waals surface area contributed by atoms with Gasteiger partial charge < -0.3 is 19.3 Å². The number of hydrogen-bond acceptors (Lipinski definition) is 10. The molecule has 3 aromatic rings.